The Balaban J connectivity index is 2.01. The lowest BCUT2D eigenvalue weighted by atomic mass is 10.1. The summed E-state index contributed by atoms with van der Waals surface area (Å²) in [5.74, 6) is 0.631. The highest BCUT2D eigenvalue weighted by Crippen LogP contribution is 2.36. The quantitative estimate of drug-likeness (QED) is 0.712. The highest BCUT2D eigenvalue weighted by molar-refractivity contribution is 6.35. The predicted molar refractivity (Wildman–Crippen MR) is 95.6 cm³/mol. The minimum Gasteiger partial charge on any atom is -0.506 e. The van der Waals surface area contributed by atoms with Gasteiger partial charge in [-0.05, 0) is 22.6 Å². The van der Waals surface area contributed by atoms with Crippen molar-refractivity contribution in [2.24, 2.45) is 7.05 Å². The van der Waals surface area contributed by atoms with Crippen molar-refractivity contribution in [1.82, 2.24) is 19.8 Å². The Kier molecular flexibility index (Phi) is 5.06. The first-order valence-corrected chi connectivity index (χ1v) is 8.14. The fourth-order valence-electron chi connectivity index (χ4n) is 2.33. The van der Waals surface area contributed by atoms with Crippen molar-refractivity contribution in [3.8, 4) is 22.9 Å². The molecule has 0 amide bonds. The maximum absolute atomic E-state index is 12.2. The zero-order valence-electron chi connectivity index (χ0n) is 13.8. The number of nitrogens with zero attached hydrogens (tertiary/aromatic N) is 4. The number of aromatic hydroxyl groups is 1. The number of phenols is 1. The lowest BCUT2D eigenvalue weighted by Gasteiger charge is -2.15. The van der Waals surface area contributed by atoms with Crippen LogP contribution in [0, 0.1) is 0 Å². The van der Waals surface area contributed by atoms with Crippen LogP contribution >= 0.6 is 23.2 Å². The van der Waals surface area contributed by atoms with Gasteiger partial charge in [0.2, 0.25) is 0 Å². The number of benzene rings is 2. The van der Waals surface area contributed by atoms with Crippen molar-refractivity contribution in [3.05, 3.63) is 56.4 Å². The van der Waals surface area contributed by atoms with Crippen molar-refractivity contribution >= 4 is 23.2 Å². The van der Waals surface area contributed by atoms with E-state index in [1.165, 1.54) is 26.3 Å². The molecule has 0 aliphatic carbocycles. The molecule has 3 rings (SSSR count). The third-order valence-corrected chi connectivity index (χ3v) is 4.25. The third kappa shape index (κ3) is 3.33. The Morgan fingerprint density at radius 2 is 1.92 bits per heavy atom. The summed E-state index contributed by atoms with van der Waals surface area (Å²) in [7, 11) is 3.01. The number of phenolic OH excluding ortho intramolecular Hbond substituents is 1. The molecular formula is C16H14Cl2N4O4. The number of aromatic nitrogens is 4. The van der Waals surface area contributed by atoms with E-state index in [9.17, 15) is 9.90 Å². The number of aryl methyl sites for hydroxylation is 1. The van der Waals surface area contributed by atoms with E-state index in [2.05, 4.69) is 10.4 Å². The molecule has 1 heterocycles. The number of halogens is 2. The fraction of sp³-hybridized carbons (Fsp3) is 0.188. The Labute approximate surface area is 158 Å². The van der Waals surface area contributed by atoms with Gasteiger partial charge in [-0.3, -0.25) is 0 Å². The van der Waals surface area contributed by atoms with Gasteiger partial charge in [0.25, 0.3) is 0 Å². The van der Waals surface area contributed by atoms with Crippen LogP contribution in [-0.4, -0.2) is 32.0 Å². The van der Waals surface area contributed by atoms with E-state index in [4.69, 9.17) is 32.7 Å². The lowest BCUT2D eigenvalue weighted by Crippen LogP contribution is -2.23. The summed E-state index contributed by atoms with van der Waals surface area (Å²) in [5, 5.41) is 17.4. The number of tetrazole rings is 1. The van der Waals surface area contributed by atoms with Gasteiger partial charge in [-0.1, -0.05) is 29.3 Å². The van der Waals surface area contributed by atoms with E-state index >= 15 is 0 Å². The molecule has 0 bridgehead atoms. The van der Waals surface area contributed by atoms with Gasteiger partial charge in [0.1, 0.15) is 23.9 Å². The zero-order valence-corrected chi connectivity index (χ0v) is 15.3. The zero-order chi connectivity index (χ0) is 18.8. The van der Waals surface area contributed by atoms with Gasteiger partial charge < -0.3 is 14.6 Å². The Hall–Kier alpha value is -2.71. The molecule has 0 saturated carbocycles. The average Bonchev–Trinajstić information content (AvgIpc) is 2.95. The van der Waals surface area contributed by atoms with Crippen molar-refractivity contribution < 1.29 is 14.6 Å². The second-order valence-corrected chi connectivity index (χ2v) is 6.09. The second kappa shape index (κ2) is 7.27. The molecule has 0 radical (unpaired) electrons. The normalized spacial score (nSPS) is 10.8. The number of hydrogen-bond donors (Lipinski definition) is 1. The van der Waals surface area contributed by atoms with Crippen LogP contribution in [-0.2, 0) is 13.7 Å². The van der Waals surface area contributed by atoms with E-state index in [1.54, 1.807) is 18.2 Å². The maximum Gasteiger partial charge on any atom is 0.368 e. The summed E-state index contributed by atoms with van der Waals surface area (Å²) in [6.45, 7) is 0.0170. The first-order chi connectivity index (χ1) is 12.4. The van der Waals surface area contributed by atoms with E-state index in [0.29, 0.717) is 17.0 Å². The summed E-state index contributed by atoms with van der Waals surface area (Å²) >= 11 is 12.0. The van der Waals surface area contributed by atoms with Crippen LogP contribution in [0.3, 0.4) is 0 Å². The van der Waals surface area contributed by atoms with Crippen LogP contribution in [0.25, 0.3) is 5.69 Å². The molecule has 1 N–H and O–H groups in total. The first kappa shape index (κ1) is 18.1. The molecule has 0 atom stereocenters. The lowest BCUT2D eigenvalue weighted by molar-refractivity contribution is 0.295. The summed E-state index contributed by atoms with van der Waals surface area (Å²) in [5.41, 5.74) is 0.617. The van der Waals surface area contributed by atoms with Gasteiger partial charge in [0, 0.05) is 19.2 Å². The van der Waals surface area contributed by atoms with Crippen LogP contribution in [0.5, 0.6) is 17.2 Å². The molecule has 8 nitrogen and oxygen atoms in total. The number of ether oxygens (including phenoxy) is 2. The largest absolute Gasteiger partial charge is 0.506 e. The summed E-state index contributed by atoms with van der Waals surface area (Å²) in [6.07, 6.45) is 0. The van der Waals surface area contributed by atoms with Crippen molar-refractivity contribution in [3.63, 3.8) is 0 Å². The molecule has 1 aromatic heterocycles. The van der Waals surface area contributed by atoms with E-state index in [1.807, 2.05) is 0 Å². The number of rotatable bonds is 5. The topological polar surface area (TPSA) is 91.4 Å². The maximum atomic E-state index is 12.2. The van der Waals surface area contributed by atoms with Crippen molar-refractivity contribution in [2.75, 3.05) is 7.11 Å². The fourth-order valence-corrected chi connectivity index (χ4v) is 2.70. The van der Waals surface area contributed by atoms with Gasteiger partial charge >= 0.3 is 5.69 Å². The van der Waals surface area contributed by atoms with Crippen LogP contribution in [0.15, 0.2) is 35.1 Å². The second-order valence-electron chi connectivity index (χ2n) is 5.28. The Morgan fingerprint density at radius 1 is 1.15 bits per heavy atom. The minimum atomic E-state index is -0.412. The average molecular weight is 397 g/mol. The van der Waals surface area contributed by atoms with Crippen LogP contribution in [0.2, 0.25) is 10.0 Å². The summed E-state index contributed by atoms with van der Waals surface area (Å²) < 4.78 is 13.4. The molecular weight excluding hydrogens is 383 g/mol. The molecule has 10 heteroatoms. The van der Waals surface area contributed by atoms with Gasteiger partial charge in [0.05, 0.1) is 28.4 Å². The molecule has 0 fully saturated rings. The molecule has 0 saturated heterocycles. The number of methoxy groups -OCH3 is 1. The summed E-state index contributed by atoms with van der Waals surface area (Å²) in [4.78, 5) is 12.2. The molecule has 26 heavy (non-hydrogen) atoms. The van der Waals surface area contributed by atoms with Crippen LogP contribution in [0.4, 0.5) is 0 Å². The molecule has 2 aromatic carbocycles. The molecule has 0 spiro atoms. The van der Waals surface area contributed by atoms with E-state index < -0.39 is 5.69 Å². The monoisotopic (exact) mass is 396 g/mol. The number of hydrogen-bond acceptors (Lipinski definition) is 6. The van der Waals surface area contributed by atoms with E-state index in [0.717, 1.165) is 9.36 Å². The highest BCUT2D eigenvalue weighted by atomic mass is 35.5. The SMILES string of the molecule is COc1cccc(-n2nnn(C)c2=O)c1COc1cc(Cl)c(O)cc1Cl. The molecule has 0 aliphatic heterocycles. The van der Waals surface area contributed by atoms with Gasteiger partial charge in [0.15, 0.2) is 0 Å². The van der Waals surface area contributed by atoms with E-state index in [-0.39, 0.29) is 28.2 Å². The Bertz CT molecular complexity index is 1020. The van der Waals surface area contributed by atoms with Gasteiger partial charge in [-0.25, -0.2) is 4.79 Å². The van der Waals surface area contributed by atoms with Crippen LogP contribution in [0.1, 0.15) is 5.56 Å². The summed E-state index contributed by atoms with van der Waals surface area (Å²) in [6, 6.07) is 7.85. The van der Waals surface area contributed by atoms with Crippen molar-refractivity contribution in [2.45, 2.75) is 6.61 Å². The predicted octanol–water partition coefficient (Wildman–Crippen LogP) is 2.57. The molecule has 3 aromatic rings. The smallest absolute Gasteiger partial charge is 0.368 e. The minimum absolute atomic E-state index is 0.0170. The van der Waals surface area contributed by atoms with Crippen molar-refractivity contribution in [1.29, 1.82) is 0 Å². The van der Waals surface area contributed by atoms with Gasteiger partial charge in [-0.2, -0.15) is 9.36 Å². The van der Waals surface area contributed by atoms with Crippen LogP contribution < -0.4 is 15.2 Å². The Morgan fingerprint density at radius 3 is 2.58 bits per heavy atom. The first-order valence-electron chi connectivity index (χ1n) is 7.38. The molecule has 0 unspecified atom stereocenters. The molecule has 0 aliphatic rings. The third-order valence-electron chi connectivity index (χ3n) is 3.65. The van der Waals surface area contributed by atoms with Gasteiger partial charge in [-0.15, -0.1) is 0 Å². The highest BCUT2D eigenvalue weighted by Gasteiger charge is 2.17. The molecule has 136 valence electrons. The standard InChI is InChI=1S/C16H14Cl2N4O4/c1-21-16(24)22(20-19-21)12-4-3-5-14(25-2)9(12)8-26-15-7-10(17)13(23)6-11(15)18/h3-7,23H,8H2,1-2H3.